The number of fused-ring (bicyclic) bond motifs is 1. The van der Waals surface area contributed by atoms with Crippen LogP contribution in [0.3, 0.4) is 0 Å². The molecule has 18 heavy (non-hydrogen) atoms. The molecule has 0 N–H and O–H groups in total. The lowest BCUT2D eigenvalue weighted by Crippen LogP contribution is -1.97. The number of carbonyl (C=O) groups excluding carboxylic acids is 1. The Bertz CT molecular complexity index is 733. The second-order valence-corrected chi connectivity index (χ2v) is 6.28. The summed E-state index contributed by atoms with van der Waals surface area (Å²) < 4.78 is 29.7. The van der Waals surface area contributed by atoms with Crippen molar-refractivity contribution < 1.29 is 17.9 Å². The molecule has 0 atom stereocenters. The predicted octanol–water partition coefficient (Wildman–Crippen LogP) is 1.93. The number of aryl methyl sites for hydroxylation is 1. The van der Waals surface area contributed by atoms with E-state index in [0.717, 1.165) is 0 Å². The van der Waals surface area contributed by atoms with Crippen LogP contribution in [0.2, 0.25) is 0 Å². The zero-order chi connectivity index (χ0) is 13.5. The number of aldehydes is 1. The van der Waals surface area contributed by atoms with Crippen molar-refractivity contribution in [2.45, 2.75) is 4.90 Å². The zero-order valence-electron chi connectivity index (χ0n) is 9.68. The lowest BCUT2D eigenvalue weighted by molar-refractivity contribution is 0.112. The summed E-state index contributed by atoms with van der Waals surface area (Å²) in [6.07, 6.45) is 2.25. The first kappa shape index (κ1) is 12.9. The van der Waals surface area contributed by atoms with Crippen molar-refractivity contribution in [3.8, 4) is 5.75 Å². The Morgan fingerprint density at radius 2 is 2.06 bits per heavy atom. The summed E-state index contributed by atoms with van der Waals surface area (Å²) in [5, 5.41) is 0.441. The third kappa shape index (κ3) is 1.87. The summed E-state index contributed by atoms with van der Waals surface area (Å²) in [4.78, 5) is 10.9. The van der Waals surface area contributed by atoms with Gasteiger partial charge in [0, 0.05) is 29.5 Å². The van der Waals surface area contributed by atoms with E-state index in [1.54, 1.807) is 23.9 Å². The molecule has 0 bridgehead atoms. The second kappa shape index (κ2) is 4.29. The molecule has 0 spiro atoms. The van der Waals surface area contributed by atoms with Gasteiger partial charge in [-0.05, 0) is 12.1 Å². The van der Waals surface area contributed by atoms with Crippen LogP contribution in [-0.2, 0) is 16.1 Å². The van der Waals surface area contributed by atoms with Crippen molar-refractivity contribution in [1.29, 1.82) is 0 Å². The number of carbonyl (C=O) groups is 1. The summed E-state index contributed by atoms with van der Waals surface area (Å²) in [5.41, 5.74) is 1.05. The quantitative estimate of drug-likeness (QED) is 0.639. The number of hydrogen-bond donors (Lipinski definition) is 0. The van der Waals surface area contributed by atoms with Gasteiger partial charge in [-0.15, -0.1) is 0 Å². The maximum absolute atomic E-state index is 11.5. The summed E-state index contributed by atoms with van der Waals surface area (Å²) >= 11 is 0. The van der Waals surface area contributed by atoms with Gasteiger partial charge in [0.2, 0.25) is 0 Å². The van der Waals surface area contributed by atoms with Gasteiger partial charge in [0.15, 0.2) is 6.29 Å². The van der Waals surface area contributed by atoms with Crippen molar-refractivity contribution >= 4 is 36.9 Å². The monoisotopic (exact) mass is 287 g/mol. The predicted molar refractivity (Wildman–Crippen MR) is 67.9 cm³/mol. The number of methoxy groups -OCH3 is 1. The fourth-order valence-corrected chi connectivity index (χ4v) is 2.95. The molecule has 0 aliphatic carbocycles. The van der Waals surface area contributed by atoms with E-state index in [1.165, 1.54) is 13.2 Å². The van der Waals surface area contributed by atoms with E-state index < -0.39 is 9.05 Å². The molecule has 0 amide bonds. The highest BCUT2D eigenvalue weighted by Gasteiger charge is 2.22. The van der Waals surface area contributed by atoms with Crippen molar-refractivity contribution in [1.82, 2.24) is 4.57 Å². The molecule has 0 saturated carbocycles. The Kier molecular flexibility index (Phi) is 3.08. The van der Waals surface area contributed by atoms with Gasteiger partial charge >= 0.3 is 0 Å². The molecule has 0 radical (unpaired) electrons. The minimum atomic E-state index is -3.93. The first-order valence-electron chi connectivity index (χ1n) is 4.96. The fraction of sp³-hybridized carbons (Fsp3) is 0.182. The third-order valence-electron chi connectivity index (χ3n) is 2.69. The average molecular weight is 288 g/mol. The van der Waals surface area contributed by atoms with Gasteiger partial charge in [-0.1, -0.05) is 0 Å². The van der Waals surface area contributed by atoms with Crippen LogP contribution >= 0.6 is 10.7 Å². The van der Waals surface area contributed by atoms with Crippen LogP contribution in [0.15, 0.2) is 23.2 Å². The maximum atomic E-state index is 11.5. The SMILES string of the molecule is COc1c(S(=O)(=O)Cl)ccc2c1c(C=O)cn2C. The molecule has 0 fully saturated rings. The number of benzene rings is 1. The van der Waals surface area contributed by atoms with Crippen LogP contribution in [0.4, 0.5) is 0 Å². The number of ether oxygens (including phenoxy) is 1. The molecule has 2 rings (SSSR count). The number of halogens is 1. The molecule has 1 heterocycles. The molecule has 0 aliphatic heterocycles. The third-order valence-corrected chi connectivity index (χ3v) is 4.04. The van der Waals surface area contributed by atoms with Gasteiger partial charge in [0.05, 0.1) is 18.0 Å². The van der Waals surface area contributed by atoms with Crippen LogP contribution in [0.1, 0.15) is 10.4 Å². The molecule has 2 aromatic rings. The Balaban J connectivity index is 3.00. The zero-order valence-corrected chi connectivity index (χ0v) is 11.2. The lowest BCUT2D eigenvalue weighted by atomic mass is 10.1. The first-order valence-corrected chi connectivity index (χ1v) is 7.27. The van der Waals surface area contributed by atoms with Crippen molar-refractivity contribution in [3.63, 3.8) is 0 Å². The maximum Gasteiger partial charge on any atom is 0.265 e. The van der Waals surface area contributed by atoms with Crippen LogP contribution < -0.4 is 4.74 Å². The summed E-state index contributed by atoms with van der Waals surface area (Å²) in [6, 6.07) is 2.94. The average Bonchev–Trinajstić information content (AvgIpc) is 2.64. The van der Waals surface area contributed by atoms with E-state index in [1.807, 2.05) is 0 Å². The number of nitrogens with zero attached hydrogens (tertiary/aromatic N) is 1. The van der Waals surface area contributed by atoms with Crippen molar-refractivity contribution in [2.75, 3.05) is 7.11 Å². The summed E-state index contributed by atoms with van der Waals surface area (Å²) in [7, 11) is 4.50. The Morgan fingerprint density at radius 1 is 1.39 bits per heavy atom. The number of rotatable bonds is 3. The molecular formula is C11H10ClNO4S. The topological polar surface area (TPSA) is 65.4 Å². The van der Waals surface area contributed by atoms with Gasteiger partial charge in [0.25, 0.3) is 9.05 Å². The Labute approximate surface area is 108 Å². The lowest BCUT2D eigenvalue weighted by Gasteiger charge is -2.08. The molecule has 1 aromatic heterocycles. The molecule has 0 unspecified atom stereocenters. The molecule has 5 nitrogen and oxygen atoms in total. The first-order chi connectivity index (χ1) is 8.40. The van der Waals surface area contributed by atoms with E-state index in [9.17, 15) is 13.2 Å². The van der Waals surface area contributed by atoms with Crippen LogP contribution in [0.25, 0.3) is 10.9 Å². The van der Waals surface area contributed by atoms with Gasteiger partial charge in [-0.25, -0.2) is 8.42 Å². The molecule has 96 valence electrons. The molecule has 1 aromatic carbocycles. The van der Waals surface area contributed by atoms with E-state index >= 15 is 0 Å². The molecular weight excluding hydrogens is 278 g/mol. The van der Waals surface area contributed by atoms with Crippen LogP contribution in [0, 0.1) is 0 Å². The van der Waals surface area contributed by atoms with E-state index in [0.29, 0.717) is 22.8 Å². The van der Waals surface area contributed by atoms with Crippen LogP contribution in [0.5, 0.6) is 5.75 Å². The molecule has 0 aliphatic rings. The molecule has 7 heteroatoms. The largest absolute Gasteiger partial charge is 0.495 e. The van der Waals surface area contributed by atoms with E-state index in [4.69, 9.17) is 15.4 Å². The highest BCUT2D eigenvalue weighted by Crippen LogP contribution is 2.36. The highest BCUT2D eigenvalue weighted by atomic mass is 35.7. The summed E-state index contributed by atoms with van der Waals surface area (Å²) in [5.74, 6) is 0.0881. The van der Waals surface area contributed by atoms with Gasteiger partial charge < -0.3 is 9.30 Å². The Morgan fingerprint density at radius 3 is 2.56 bits per heavy atom. The van der Waals surface area contributed by atoms with E-state index in [-0.39, 0.29) is 10.6 Å². The highest BCUT2D eigenvalue weighted by molar-refractivity contribution is 8.13. The van der Waals surface area contributed by atoms with E-state index in [2.05, 4.69) is 0 Å². The van der Waals surface area contributed by atoms with Gasteiger partial charge in [0.1, 0.15) is 10.6 Å². The summed E-state index contributed by atoms with van der Waals surface area (Å²) in [6.45, 7) is 0. The number of hydrogen-bond acceptors (Lipinski definition) is 4. The smallest absolute Gasteiger partial charge is 0.265 e. The van der Waals surface area contributed by atoms with Crippen molar-refractivity contribution in [3.05, 3.63) is 23.9 Å². The van der Waals surface area contributed by atoms with Gasteiger partial charge in [-0.2, -0.15) is 0 Å². The number of aromatic nitrogens is 1. The minimum absolute atomic E-state index is 0.0881. The van der Waals surface area contributed by atoms with Crippen molar-refractivity contribution in [2.24, 2.45) is 7.05 Å². The van der Waals surface area contributed by atoms with Gasteiger partial charge in [-0.3, -0.25) is 4.79 Å². The fourth-order valence-electron chi connectivity index (χ4n) is 1.95. The Hall–Kier alpha value is -1.53. The molecule has 0 saturated heterocycles. The normalized spacial score (nSPS) is 11.7. The standard InChI is InChI=1S/C11H10ClNO4S/c1-13-5-7(6-14)10-8(13)3-4-9(11(10)17-2)18(12,15)16/h3-6H,1-2H3. The second-order valence-electron chi connectivity index (χ2n) is 3.74. The van der Waals surface area contributed by atoms with Crippen LogP contribution in [-0.4, -0.2) is 26.4 Å². The minimum Gasteiger partial charge on any atom is -0.495 e.